The van der Waals surface area contributed by atoms with Gasteiger partial charge in [-0.25, -0.2) is 0 Å². The molecule has 0 aliphatic rings. The molecule has 310 valence electrons. The van der Waals surface area contributed by atoms with Crippen LogP contribution in [0.1, 0.15) is 226 Å². The maximum atomic E-state index is 13.1. The zero-order valence-electron chi connectivity index (χ0n) is 35.1. The highest BCUT2D eigenvalue weighted by Crippen LogP contribution is 2.17. The molecule has 3 N–H and O–H groups in total. The average molecular weight is 746 g/mol. The van der Waals surface area contributed by atoms with Crippen LogP contribution >= 0.6 is 0 Å². The summed E-state index contributed by atoms with van der Waals surface area (Å²) in [4.78, 5) is 25.9. The monoisotopic (exact) mass is 746 g/mol. The standard InChI is InChI=1S/C47H87NO5/c1-4-7-10-13-16-19-22-23-24-25-28-31-34-37-40-47(52)53-43(38-35-32-29-26-20-17-14-11-8-5-2)41-46(51)48-44(42-49)45(50)39-36-33-30-27-21-18-15-12-9-6-3/h7,10,16,19,23-24,43-45,49-50H,4-6,8-9,11-15,17-18,20-22,25-42H2,1-3H3,(H,48,51)/b10-7+,19-16+,24-23+. The number of ether oxygens (including phenoxy) is 1. The average Bonchev–Trinajstić information content (AvgIpc) is 3.15. The van der Waals surface area contributed by atoms with Crippen molar-refractivity contribution in [2.45, 2.75) is 244 Å². The molecule has 53 heavy (non-hydrogen) atoms. The number of allylic oxidation sites excluding steroid dienone is 6. The van der Waals surface area contributed by atoms with Crippen molar-refractivity contribution >= 4 is 11.9 Å². The van der Waals surface area contributed by atoms with E-state index in [0.717, 1.165) is 83.5 Å². The minimum Gasteiger partial charge on any atom is -0.462 e. The molecule has 0 aliphatic heterocycles. The SMILES string of the molecule is CC/C=C/C/C=C/C/C=C/CCCCCCC(=O)OC(CCCCCCCCCCCC)CC(=O)NC(CO)C(O)CCCCCCCCCCCC. The predicted octanol–water partition coefficient (Wildman–Crippen LogP) is 12.9. The number of hydrogen-bond donors (Lipinski definition) is 3. The number of carbonyl (C=O) groups is 2. The Bertz CT molecular complexity index is 884. The summed E-state index contributed by atoms with van der Waals surface area (Å²) in [6.45, 7) is 6.33. The second kappa shape index (κ2) is 41.2. The van der Waals surface area contributed by atoms with Crippen molar-refractivity contribution in [2.75, 3.05) is 6.61 Å². The fraction of sp³-hybridized carbons (Fsp3) is 0.830. The van der Waals surface area contributed by atoms with Gasteiger partial charge in [0, 0.05) is 6.42 Å². The van der Waals surface area contributed by atoms with Gasteiger partial charge in [-0.2, -0.15) is 0 Å². The van der Waals surface area contributed by atoms with Gasteiger partial charge in [-0.05, 0) is 57.8 Å². The summed E-state index contributed by atoms with van der Waals surface area (Å²) in [6, 6.07) is -0.700. The maximum Gasteiger partial charge on any atom is 0.306 e. The van der Waals surface area contributed by atoms with Crippen LogP contribution in [-0.4, -0.2) is 46.9 Å². The topological polar surface area (TPSA) is 95.9 Å². The molecule has 0 bridgehead atoms. The number of nitrogens with one attached hydrogen (secondary N) is 1. The molecule has 3 atom stereocenters. The van der Waals surface area contributed by atoms with Crippen molar-refractivity contribution in [3.05, 3.63) is 36.5 Å². The molecule has 3 unspecified atom stereocenters. The molecule has 6 nitrogen and oxygen atoms in total. The number of carbonyl (C=O) groups excluding carboxylic acids is 2. The Kier molecular flexibility index (Phi) is 39.8. The first-order valence-electron chi connectivity index (χ1n) is 22.7. The highest BCUT2D eigenvalue weighted by atomic mass is 16.5. The van der Waals surface area contributed by atoms with Gasteiger partial charge in [-0.15, -0.1) is 0 Å². The molecule has 0 radical (unpaired) electrons. The Morgan fingerprint density at radius 1 is 0.566 bits per heavy atom. The summed E-state index contributed by atoms with van der Waals surface area (Å²) in [7, 11) is 0. The second-order valence-corrected chi connectivity index (χ2v) is 15.4. The second-order valence-electron chi connectivity index (χ2n) is 15.4. The normalized spacial score (nSPS) is 13.7. The highest BCUT2D eigenvalue weighted by molar-refractivity contribution is 5.77. The number of hydrogen-bond acceptors (Lipinski definition) is 5. The number of esters is 1. The van der Waals surface area contributed by atoms with E-state index in [9.17, 15) is 19.8 Å². The van der Waals surface area contributed by atoms with Gasteiger partial charge >= 0.3 is 5.97 Å². The van der Waals surface area contributed by atoms with Crippen molar-refractivity contribution in [1.82, 2.24) is 5.32 Å². The van der Waals surface area contributed by atoms with E-state index in [4.69, 9.17) is 4.74 Å². The first-order valence-corrected chi connectivity index (χ1v) is 22.7. The Hall–Kier alpha value is -1.92. The van der Waals surface area contributed by atoms with Crippen LogP contribution in [0.25, 0.3) is 0 Å². The summed E-state index contributed by atoms with van der Waals surface area (Å²) >= 11 is 0. The molecule has 0 fully saturated rings. The van der Waals surface area contributed by atoms with Crippen molar-refractivity contribution in [3.8, 4) is 0 Å². The lowest BCUT2D eigenvalue weighted by Gasteiger charge is -2.24. The van der Waals surface area contributed by atoms with Crippen molar-refractivity contribution in [3.63, 3.8) is 0 Å². The van der Waals surface area contributed by atoms with Crippen molar-refractivity contribution in [1.29, 1.82) is 0 Å². The van der Waals surface area contributed by atoms with Gasteiger partial charge in [0.1, 0.15) is 6.10 Å². The third-order valence-corrected chi connectivity index (χ3v) is 10.2. The quantitative estimate of drug-likeness (QED) is 0.0330. The fourth-order valence-electron chi connectivity index (χ4n) is 6.80. The summed E-state index contributed by atoms with van der Waals surface area (Å²) in [5, 5.41) is 23.6. The Morgan fingerprint density at radius 2 is 1.02 bits per heavy atom. The van der Waals surface area contributed by atoms with Gasteiger partial charge < -0.3 is 20.3 Å². The molecule has 0 aliphatic carbocycles. The number of aliphatic hydroxyl groups is 2. The lowest BCUT2D eigenvalue weighted by molar-refractivity contribution is -0.151. The van der Waals surface area contributed by atoms with Crippen LogP contribution in [0.15, 0.2) is 36.5 Å². The van der Waals surface area contributed by atoms with Crippen LogP contribution < -0.4 is 5.32 Å². The van der Waals surface area contributed by atoms with E-state index in [2.05, 4.69) is 62.5 Å². The Morgan fingerprint density at radius 3 is 1.55 bits per heavy atom. The third kappa shape index (κ3) is 36.8. The van der Waals surface area contributed by atoms with Crippen LogP contribution in [0.5, 0.6) is 0 Å². The smallest absolute Gasteiger partial charge is 0.306 e. The maximum absolute atomic E-state index is 13.1. The van der Waals surface area contributed by atoms with Crippen molar-refractivity contribution in [2.24, 2.45) is 0 Å². The molecular weight excluding hydrogens is 659 g/mol. The molecular formula is C47H87NO5. The number of aliphatic hydroxyl groups excluding tert-OH is 2. The van der Waals surface area contributed by atoms with Gasteiger partial charge in [-0.3, -0.25) is 9.59 Å². The van der Waals surface area contributed by atoms with E-state index >= 15 is 0 Å². The molecule has 0 aromatic carbocycles. The molecule has 0 spiro atoms. The molecule has 6 heteroatoms. The minimum atomic E-state index is -0.786. The summed E-state index contributed by atoms with van der Waals surface area (Å²) < 4.78 is 5.89. The van der Waals surface area contributed by atoms with Gasteiger partial charge in [0.15, 0.2) is 0 Å². The lowest BCUT2D eigenvalue weighted by atomic mass is 10.0. The summed E-state index contributed by atoms with van der Waals surface area (Å²) in [5.41, 5.74) is 0. The lowest BCUT2D eigenvalue weighted by Crippen LogP contribution is -2.46. The van der Waals surface area contributed by atoms with Gasteiger partial charge in [0.25, 0.3) is 0 Å². The van der Waals surface area contributed by atoms with E-state index in [0.29, 0.717) is 19.3 Å². The number of amides is 1. The van der Waals surface area contributed by atoms with E-state index in [1.165, 1.54) is 96.3 Å². The van der Waals surface area contributed by atoms with Crippen LogP contribution in [-0.2, 0) is 14.3 Å². The molecule has 0 heterocycles. The first kappa shape index (κ1) is 51.1. The zero-order chi connectivity index (χ0) is 38.9. The molecule has 0 aromatic heterocycles. The Balaban J connectivity index is 4.59. The van der Waals surface area contributed by atoms with Crippen LogP contribution in [0.4, 0.5) is 0 Å². The molecule has 0 rings (SSSR count). The predicted molar refractivity (Wildman–Crippen MR) is 227 cm³/mol. The van der Waals surface area contributed by atoms with Crippen LogP contribution in [0.3, 0.4) is 0 Å². The van der Waals surface area contributed by atoms with Crippen LogP contribution in [0, 0.1) is 0 Å². The first-order chi connectivity index (χ1) is 26.0. The molecule has 0 saturated carbocycles. The van der Waals surface area contributed by atoms with Gasteiger partial charge in [0.05, 0.1) is 25.2 Å². The zero-order valence-corrected chi connectivity index (χ0v) is 35.1. The van der Waals surface area contributed by atoms with E-state index < -0.39 is 18.2 Å². The molecule has 1 amide bonds. The van der Waals surface area contributed by atoms with Crippen molar-refractivity contribution < 1.29 is 24.5 Å². The van der Waals surface area contributed by atoms with Gasteiger partial charge in [0.2, 0.25) is 5.91 Å². The number of rotatable bonds is 40. The highest BCUT2D eigenvalue weighted by Gasteiger charge is 2.24. The Labute approximate surface area is 328 Å². The third-order valence-electron chi connectivity index (χ3n) is 10.2. The molecule has 0 saturated heterocycles. The summed E-state index contributed by atoms with van der Waals surface area (Å²) in [6.07, 6.45) is 46.3. The minimum absolute atomic E-state index is 0.0710. The van der Waals surface area contributed by atoms with Gasteiger partial charge in [-0.1, -0.05) is 192 Å². The number of unbranched alkanes of at least 4 members (excludes halogenated alkanes) is 22. The fourth-order valence-corrected chi connectivity index (χ4v) is 6.80. The summed E-state index contributed by atoms with van der Waals surface area (Å²) in [5.74, 6) is -0.497. The van der Waals surface area contributed by atoms with E-state index in [1.807, 2.05) is 0 Å². The largest absolute Gasteiger partial charge is 0.462 e. The van der Waals surface area contributed by atoms with E-state index in [-0.39, 0.29) is 24.9 Å². The van der Waals surface area contributed by atoms with E-state index in [1.54, 1.807) is 0 Å². The van der Waals surface area contributed by atoms with Crippen LogP contribution in [0.2, 0.25) is 0 Å². The molecule has 0 aromatic rings.